The Balaban J connectivity index is 1.97. The lowest BCUT2D eigenvalue weighted by atomic mass is 9.89. The number of benzene rings is 2. The maximum atomic E-state index is 12.8. The standard InChI is InChI=1S/C27H38N2O4/c1-17(2)21-8-7-9-22(18(3)4)25(21)33-24(31)15-27(5,6)16-29-26(32)23(28)14-19-10-12-20(30)13-11-19/h7-13,17-18,23,30H,14-16,28H2,1-6H3,(H,29,32)/t23-/m0/s1. The van der Waals surface area contributed by atoms with Gasteiger partial charge in [0.1, 0.15) is 11.5 Å². The number of carbonyl (C=O) groups excluding carboxylic acids is 2. The van der Waals surface area contributed by atoms with Gasteiger partial charge in [0, 0.05) is 6.54 Å². The van der Waals surface area contributed by atoms with E-state index in [2.05, 4.69) is 33.0 Å². The third kappa shape index (κ3) is 7.90. The minimum absolute atomic E-state index is 0.157. The van der Waals surface area contributed by atoms with Gasteiger partial charge in [-0.15, -0.1) is 0 Å². The highest BCUT2D eigenvalue weighted by Crippen LogP contribution is 2.35. The number of aromatic hydroxyl groups is 1. The Hall–Kier alpha value is -2.86. The summed E-state index contributed by atoms with van der Waals surface area (Å²) in [5.74, 6) is 0.683. The molecule has 1 amide bonds. The van der Waals surface area contributed by atoms with Crippen LogP contribution in [-0.2, 0) is 16.0 Å². The van der Waals surface area contributed by atoms with Gasteiger partial charge in [0.15, 0.2) is 0 Å². The van der Waals surface area contributed by atoms with Crippen LogP contribution in [0.2, 0.25) is 0 Å². The van der Waals surface area contributed by atoms with E-state index in [9.17, 15) is 14.7 Å². The van der Waals surface area contributed by atoms with Crippen molar-refractivity contribution in [3.05, 3.63) is 59.2 Å². The molecule has 0 unspecified atom stereocenters. The van der Waals surface area contributed by atoms with Gasteiger partial charge in [-0.1, -0.05) is 71.9 Å². The zero-order valence-electron chi connectivity index (χ0n) is 20.6. The van der Waals surface area contributed by atoms with Crippen molar-refractivity contribution in [1.29, 1.82) is 0 Å². The van der Waals surface area contributed by atoms with E-state index < -0.39 is 11.5 Å². The van der Waals surface area contributed by atoms with Gasteiger partial charge in [-0.25, -0.2) is 0 Å². The third-order valence-corrected chi connectivity index (χ3v) is 5.63. The monoisotopic (exact) mass is 454 g/mol. The first kappa shape index (κ1) is 26.4. The van der Waals surface area contributed by atoms with Crippen molar-refractivity contribution < 1.29 is 19.4 Å². The summed E-state index contributed by atoms with van der Waals surface area (Å²) in [4.78, 5) is 25.3. The lowest BCUT2D eigenvalue weighted by Gasteiger charge is -2.26. The summed E-state index contributed by atoms with van der Waals surface area (Å²) in [5, 5.41) is 12.2. The number of ether oxygens (including phenoxy) is 1. The summed E-state index contributed by atoms with van der Waals surface area (Å²) in [6, 6.07) is 11.9. The maximum absolute atomic E-state index is 12.8. The molecule has 0 aliphatic heterocycles. The second-order valence-electron chi connectivity index (χ2n) is 10.1. The average molecular weight is 455 g/mol. The molecule has 0 heterocycles. The van der Waals surface area contributed by atoms with Crippen molar-refractivity contribution in [2.24, 2.45) is 11.1 Å². The number of hydrogen-bond donors (Lipinski definition) is 3. The average Bonchev–Trinajstić information content (AvgIpc) is 2.73. The Morgan fingerprint density at radius 3 is 2.06 bits per heavy atom. The highest BCUT2D eigenvalue weighted by Gasteiger charge is 2.27. The Morgan fingerprint density at radius 2 is 1.55 bits per heavy atom. The van der Waals surface area contributed by atoms with Crippen LogP contribution in [0.15, 0.2) is 42.5 Å². The molecule has 0 saturated carbocycles. The van der Waals surface area contributed by atoms with Crippen LogP contribution in [0.25, 0.3) is 0 Å². The number of phenolic OH excluding ortho intramolecular Hbond substituents is 1. The van der Waals surface area contributed by atoms with Crippen LogP contribution < -0.4 is 15.8 Å². The molecule has 0 spiro atoms. The molecule has 4 N–H and O–H groups in total. The molecule has 2 aromatic rings. The van der Waals surface area contributed by atoms with E-state index in [4.69, 9.17) is 10.5 Å². The highest BCUT2D eigenvalue weighted by atomic mass is 16.5. The number of nitrogens with one attached hydrogen (secondary N) is 1. The van der Waals surface area contributed by atoms with Crippen molar-refractivity contribution in [2.75, 3.05) is 6.54 Å². The Morgan fingerprint density at radius 1 is 1.00 bits per heavy atom. The molecule has 6 nitrogen and oxygen atoms in total. The van der Waals surface area contributed by atoms with Crippen LogP contribution in [0.5, 0.6) is 11.5 Å². The fourth-order valence-corrected chi connectivity index (χ4v) is 3.64. The van der Waals surface area contributed by atoms with Gasteiger partial charge in [-0.05, 0) is 52.5 Å². The lowest BCUT2D eigenvalue weighted by Crippen LogP contribution is -2.45. The topological polar surface area (TPSA) is 102 Å². The van der Waals surface area contributed by atoms with Crippen LogP contribution in [0.1, 0.15) is 76.5 Å². The van der Waals surface area contributed by atoms with Crippen molar-refractivity contribution in [3.8, 4) is 11.5 Å². The van der Waals surface area contributed by atoms with Crippen molar-refractivity contribution in [1.82, 2.24) is 5.32 Å². The smallest absolute Gasteiger partial charge is 0.311 e. The van der Waals surface area contributed by atoms with Gasteiger partial charge < -0.3 is 20.9 Å². The number of esters is 1. The molecule has 0 saturated heterocycles. The second kappa shape index (κ2) is 11.3. The summed E-state index contributed by atoms with van der Waals surface area (Å²) in [5.41, 5.74) is 8.43. The van der Waals surface area contributed by atoms with E-state index in [1.165, 1.54) is 0 Å². The molecule has 2 rings (SSSR count). The molecule has 0 radical (unpaired) electrons. The number of hydrogen-bond acceptors (Lipinski definition) is 5. The van der Waals surface area contributed by atoms with Crippen LogP contribution >= 0.6 is 0 Å². The first-order chi connectivity index (χ1) is 15.4. The number of rotatable bonds is 10. The molecule has 0 aromatic heterocycles. The highest BCUT2D eigenvalue weighted by molar-refractivity contribution is 5.82. The van der Waals surface area contributed by atoms with E-state index in [-0.39, 0.29) is 35.9 Å². The lowest BCUT2D eigenvalue weighted by molar-refractivity contribution is -0.137. The predicted molar refractivity (Wildman–Crippen MR) is 131 cm³/mol. The summed E-state index contributed by atoms with van der Waals surface area (Å²) >= 11 is 0. The minimum atomic E-state index is -0.719. The summed E-state index contributed by atoms with van der Waals surface area (Å²) in [7, 11) is 0. The number of amides is 1. The molecular formula is C27H38N2O4. The number of nitrogens with two attached hydrogens (primary N) is 1. The molecule has 2 aromatic carbocycles. The summed E-state index contributed by atoms with van der Waals surface area (Å²) in [6.45, 7) is 12.5. The summed E-state index contributed by atoms with van der Waals surface area (Å²) in [6.07, 6.45) is 0.517. The zero-order chi connectivity index (χ0) is 24.8. The van der Waals surface area contributed by atoms with E-state index in [1.807, 2.05) is 32.0 Å². The molecule has 33 heavy (non-hydrogen) atoms. The normalized spacial score (nSPS) is 12.6. The van der Waals surface area contributed by atoms with Crippen molar-refractivity contribution >= 4 is 11.9 Å². The van der Waals surface area contributed by atoms with Crippen LogP contribution in [0.4, 0.5) is 0 Å². The number of phenols is 1. The SMILES string of the molecule is CC(C)c1cccc(C(C)C)c1OC(=O)CC(C)(C)CNC(=O)[C@@H](N)Cc1ccc(O)cc1. The molecule has 6 heteroatoms. The predicted octanol–water partition coefficient (Wildman–Crippen LogP) is 4.65. The molecule has 0 aliphatic rings. The quantitative estimate of drug-likeness (QED) is 0.358. The van der Waals surface area contributed by atoms with Gasteiger partial charge in [0.25, 0.3) is 0 Å². The van der Waals surface area contributed by atoms with E-state index >= 15 is 0 Å². The fraction of sp³-hybridized carbons (Fsp3) is 0.481. The molecule has 0 bridgehead atoms. The maximum Gasteiger partial charge on any atom is 0.311 e. The van der Waals surface area contributed by atoms with E-state index in [0.29, 0.717) is 18.7 Å². The van der Waals surface area contributed by atoms with E-state index in [0.717, 1.165) is 16.7 Å². The number of para-hydroxylation sites is 1. The van der Waals surface area contributed by atoms with Gasteiger partial charge in [-0.2, -0.15) is 0 Å². The van der Waals surface area contributed by atoms with Crippen LogP contribution in [0, 0.1) is 5.41 Å². The summed E-state index contributed by atoms with van der Waals surface area (Å²) < 4.78 is 5.88. The molecule has 0 fully saturated rings. The molecule has 180 valence electrons. The first-order valence-electron chi connectivity index (χ1n) is 11.5. The Labute approximate surface area is 197 Å². The Kier molecular flexibility index (Phi) is 9.06. The van der Waals surface area contributed by atoms with Gasteiger partial charge in [-0.3, -0.25) is 9.59 Å². The van der Waals surface area contributed by atoms with Crippen LogP contribution in [-0.4, -0.2) is 29.6 Å². The molecular weight excluding hydrogens is 416 g/mol. The fourth-order valence-electron chi connectivity index (χ4n) is 3.64. The van der Waals surface area contributed by atoms with Crippen LogP contribution in [0.3, 0.4) is 0 Å². The molecule has 1 atom stereocenters. The first-order valence-corrected chi connectivity index (χ1v) is 11.5. The Bertz CT molecular complexity index is 923. The van der Waals surface area contributed by atoms with E-state index in [1.54, 1.807) is 24.3 Å². The zero-order valence-corrected chi connectivity index (χ0v) is 20.6. The van der Waals surface area contributed by atoms with Crippen molar-refractivity contribution in [3.63, 3.8) is 0 Å². The number of carbonyl (C=O) groups is 2. The van der Waals surface area contributed by atoms with Crippen molar-refractivity contribution in [2.45, 2.75) is 72.3 Å². The molecule has 0 aliphatic carbocycles. The minimum Gasteiger partial charge on any atom is -0.508 e. The second-order valence-corrected chi connectivity index (χ2v) is 10.1. The van der Waals surface area contributed by atoms with Gasteiger partial charge >= 0.3 is 5.97 Å². The van der Waals surface area contributed by atoms with Gasteiger partial charge in [0.05, 0.1) is 12.5 Å². The van der Waals surface area contributed by atoms with Gasteiger partial charge in [0.2, 0.25) is 5.91 Å². The third-order valence-electron chi connectivity index (χ3n) is 5.63. The largest absolute Gasteiger partial charge is 0.508 e.